The normalized spacial score (nSPS) is 15.0. The van der Waals surface area contributed by atoms with Gasteiger partial charge in [-0.25, -0.2) is 4.79 Å². The van der Waals surface area contributed by atoms with Crippen molar-refractivity contribution in [3.8, 4) is 17.2 Å². The van der Waals surface area contributed by atoms with E-state index < -0.39 is 0 Å². The van der Waals surface area contributed by atoms with E-state index in [0.29, 0.717) is 24.5 Å². The molecule has 1 heterocycles. The molecule has 1 N–H and O–H groups in total. The summed E-state index contributed by atoms with van der Waals surface area (Å²) in [6, 6.07) is 11.0. The Hall–Kier alpha value is -3.42. The molecule has 8 nitrogen and oxygen atoms in total. The summed E-state index contributed by atoms with van der Waals surface area (Å²) < 4.78 is 20.9. The van der Waals surface area contributed by atoms with Gasteiger partial charge in [0.25, 0.3) is 0 Å². The molecule has 1 aliphatic rings. The molecular weight excluding hydrogens is 400 g/mol. The van der Waals surface area contributed by atoms with Crippen LogP contribution in [0.3, 0.4) is 0 Å². The number of hydrogen-bond donors (Lipinski definition) is 1. The maximum atomic E-state index is 13.0. The van der Waals surface area contributed by atoms with Crippen LogP contribution in [0.2, 0.25) is 0 Å². The van der Waals surface area contributed by atoms with Crippen LogP contribution in [0.1, 0.15) is 29.2 Å². The Kier molecular flexibility index (Phi) is 7.23. The lowest BCUT2D eigenvalue weighted by atomic mass is 9.87. The second-order valence-corrected chi connectivity index (χ2v) is 7.08. The van der Waals surface area contributed by atoms with E-state index >= 15 is 0 Å². The minimum Gasteiger partial charge on any atom is -0.497 e. The summed E-state index contributed by atoms with van der Waals surface area (Å²) in [7, 11) is 6.14. The zero-order valence-electron chi connectivity index (χ0n) is 18.3. The minimum absolute atomic E-state index is 0.116. The lowest BCUT2D eigenvalue weighted by molar-refractivity contribution is -0.140. The molecule has 2 aromatic carbocycles. The monoisotopic (exact) mass is 428 g/mol. The Morgan fingerprint density at radius 1 is 1.00 bits per heavy atom. The van der Waals surface area contributed by atoms with E-state index in [1.54, 1.807) is 26.2 Å². The van der Waals surface area contributed by atoms with Crippen LogP contribution in [0.4, 0.5) is 4.79 Å². The Morgan fingerprint density at radius 2 is 1.68 bits per heavy atom. The fourth-order valence-corrected chi connectivity index (χ4v) is 3.79. The van der Waals surface area contributed by atoms with Crippen LogP contribution < -0.4 is 19.5 Å². The van der Waals surface area contributed by atoms with Gasteiger partial charge in [0.05, 0.1) is 40.9 Å². The zero-order chi connectivity index (χ0) is 22.4. The second-order valence-electron chi connectivity index (χ2n) is 7.08. The Bertz CT molecular complexity index is 928. The number of fused-ring (bicyclic) bond motifs is 1. The molecule has 0 bridgehead atoms. The third kappa shape index (κ3) is 4.84. The smallest absolute Gasteiger partial charge is 0.318 e. The summed E-state index contributed by atoms with van der Waals surface area (Å²) in [5, 5.41) is 2.83. The highest BCUT2D eigenvalue weighted by Gasteiger charge is 2.33. The zero-order valence-corrected chi connectivity index (χ0v) is 18.3. The van der Waals surface area contributed by atoms with Crippen LogP contribution in [0, 0.1) is 0 Å². The molecule has 31 heavy (non-hydrogen) atoms. The van der Waals surface area contributed by atoms with Crippen LogP contribution in [-0.2, 0) is 16.0 Å². The first-order valence-electron chi connectivity index (χ1n) is 10.0. The number of ether oxygens (including phenoxy) is 4. The largest absolute Gasteiger partial charge is 0.497 e. The summed E-state index contributed by atoms with van der Waals surface area (Å²) in [6.45, 7) is 0.722. The SMILES string of the molecule is COC(=O)CCNC(=O)N1CCc2cc(OC)c(OC)cc2[C@H]1c1ccc(OC)cc1. The fourth-order valence-electron chi connectivity index (χ4n) is 3.79. The van der Waals surface area contributed by atoms with Crippen LogP contribution >= 0.6 is 0 Å². The predicted octanol–water partition coefficient (Wildman–Crippen LogP) is 2.93. The summed E-state index contributed by atoms with van der Waals surface area (Å²) in [6.07, 6.45) is 0.789. The van der Waals surface area contributed by atoms with Crippen LogP contribution in [0.15, 0.2) is 36.4 Å². The predicted molar refractivity (Wildman–Crippen MR) is 115 cm³/mol. The maximum Gasteiger partial charge on any atom is 0.318 e. The van der Waals surface area contributed by atoms with Gasteiger partial charge in [0, 0.05) is 13.1 Å². The second kappa shape index (κ2) is 10.1. The van der Waals surface area contributed by atoms with Crippen molar-refractivity contribution in [3.63, 3.8) is 0 Å². The van der Waals surface area contributed by atoms with E-state index in [0.717, 1.165) is 22.4 Å². The molecule has 3 rings (SSSR count). The molecule has 0 unspecified atom stereocenters. The van der Waals surface area contributed by atoms with Crippen molar-refractivity contribution in [2.24, 2.45) is 0 Å². The molecule has 2 aromatic rings. The number of esters is 1. The molecule has 1 atom stereocenters. The first kappa shape index (κ1) is 22.3. The van der Waals surface area contributed by atoms with Crippen molar-refractivity contribution >= 4 is 12.0 Å². The van der Waals surface area contributed by atoms with Crippen molar-refractivity contribution in [2.45, 2.75) is 18.9 Å². The van der Waals surface area contributed by atoms with Gasteiger partial charge in [-0.05, 0) is 47.4 Å². The molecule has 1 aliphatic heterocycles. The van der Waals surface area contributed by atoms with Gasteiger partial charge in [0.2, 0.25) is 0 Å². The van der Waals surface area contributed by atoms with E-state index in [2.05, 4.69) is 10.1 Å². The summed E-state index contributed by atoms with van der Waals surface area (Å²) in [4.78, 5) is 26.2. The fraction of sp³-hybridized carbons (Fsp3) is 0.391. The van der Waals surface area contributed by atoms with Crippen LogP contribution in [0.5, 0.6) is 17.2 Å². The summed E-state index contributed by atoms with van der Waals surface area (Å²) in [5.74, 6) is 1.63. The van der Waals surface area contributed by atoms with Crippen molar-refractivity contribution in [1.29, 1.82) is 0 Å². The topological polar surface area (TPSA) is 86.3 Å². The molecule has 0 radical (unpaired) electrons. The van der Waals surface area contributed by atoms with Crippen molar-refractivity contribution < 1.29 is 28.5 Å². The number of carbonyl (C=O) groups excluding carboxylic acids is 2. The molecule has 166 valence electrons. The molecular formula is C23H28N2O6. The van der Waals surface area contributed by atoms with Crippen molar-refractivity contribution in [3.05, 3.63) is 53.1 Å². The van der Waals surface area contributed by atoms with Gasteiger partial charge in [0.15, 0.2) is 11.5 Å². The van der Waals surface area contributed by atoms with Crippen molar-refractivity contribution in [1.82, 2.24) is 10.2 Å². The first-order chi connectivity index (χ1) is 15.0. The number of carbonyl (C=O) groups is 2. The van der Waals surface area contributed by atoms with Gasteiger partial charge in [-0.3, -0.25) is 4.79 Å². The average Bonchev–Trinajstić information content (AvgIpc) is 2.82. The highest BCUT2D eigenvalue weighted by atomic mass is 16.5. The molecule has 0 spiro atoms. The Labute approximate surface area is 182 Å². The number of nitrogens with zero attached hydrogens (tertiary/aromatic N) is 1. The van der Waals surface area contributed by atoms with E-state index in [1.165, 1.54) is 7.11 Å². The standard InChI is InChI=1S/C23H28N2O6/c1-28-17-7-5-15(6-8-17)22-18-14-20(30-3)19(29-2)13-16(18)10-12-25(22)23(27)24-11-9-21(26)31-4/h5-8,13-14,22H,9-12H2,1-4H3,(H,24,27)/t22-/m1/s1. The van der Waals surface area contributed by atoms with E-state index in [4.69, 9.17) is 14.2 Å². The number of urea groups is 1. The van der Waals surface area contributed by atoms with E-state index in [-0.39, 0.29) is 31.0 Å². The van der Waals surface area contributed by atoms with Crippen LogP contribution in [-0.4, -0.2) is 58.4 Å². The van der Waals surface area contributed by atoms with E-state index in [1.807, 2.05) is 36.4 Å². The molecule has 0 fully saturated rings. The highest BCUT2D eigenvalue weighted by molar-refractivity contribution is 5.77. The maximum absolute atomic E-state index is 13.0. The Balaban J connectivity index is 1.97. The van der Waals surface area contributed by atoms with Gasteiger partial charge < -0.3 is 29.2 Å². The first-order valence-corrected chi connectivity index (χ1v) is 10.0. The third-order valence-electron chi connectivity index (χ3n) is 5.40. The quantitative estimate of drug-likeness (QED) is 0.683. The molecule has 0 aliphatic carbocycles. The Morgan fingerprint density at radius 3 is 2.29 bits per heavy atom. The number of benzene rings is 2. The molecule has 2 amide bonds. The molecule has 0 saturated heterocycles. The lowest BCUT2D eigenvalue weighted by Gasteiger charge is -2.38. The van der Waals surface area contributed by atoms with E-state index in [9.17, 15) is 9.59 Å². The summed E-state index contributed by atoms with van der Waals surface area (Å²) >= 11 is 0. The number of amides is 2. The third-order valence-corrected chi connectivity index (χ3v) is 5.40. The highest BCUT2D eigenvalue weighted by Crippen LogP contribution is 2.41. The number of nitrogens with one attached hydrogen (secondary N) is 1. The number of hydrogen-bond acceptors (Lipinski definition) is 6. The number of rotatable bonds is 7. The molecule has 0 aromatic heterocycles. The number of methoxy groups -OCH3 is 4. The van der Waals surface area contributed by atoms with Gasteiger partial charge in [0.1, 0.15) is 5.75 Å². The molecule has 8 heteroatoms. The average molecular weight is 428 g/mol. The van der Waals surface area contributed by atoms with Crippen molar-refractivity contribution in [2.75, 3.05) is 41.5 Å². The van der Waals surface area contributed by atoms with Gasteiger partial charge >= 0.3 is 12.0 Å². The van der Waals surface area contributed by atoms with Gasteiger partial charge in [-0.2, -0.15) is 0 Å². The summed E-state index contributed by atoms with van der Waals surface area (Å²) in [5.41, 5.74) is 3.01. The lowest BCUT2D eigenvalue weighted by Crippen LogP contribution is -2.46. The molecule has 0 saturated carbocycles. The van der Waals surface area contributed by atoms with Gasteiger partial charge in [-0.1, -0.05) is 12.1 Å². The minimum atomic E-state index is -0.368. The van der Waals surface area contributed by atoms with Crippen LogP contribution in [0.25, 0.3) is 0 Å². The van der Waals surface area contributed by atoms with Gasteiger partial charge in [-0.15, -0.1) is 0 Å².